The Labute approximate surface area is 125 Å². The second kappa shape index (κ2) is 4.49. The van der Waals surface area contributed by atoms with Gasteiger partial charge in [0.15, 0.2) is 5.65 Å². The van der Waals surface area contributed by atoms with Crippen molar-refractivity contribution in [2.45, 2.75) is 6.92 Å². The third kappa shape index (κ3) is 1.78. The van der Waals surface area contributed by atoms with E-state index in [0.29, 0.717) is 5.02 Å². The monoisotopic (exact) mass is 295 g/mol. The number of rotatable bonds is 1. The van der Waals surface area contributed by atoms with Crippen molar-refractivity contribution >= 4 is 28.3 Å². The lowest BCUT2D eigenvalue weighted by atomic mass is 10.1. The van der Waals surface area contributed by atoms with Crippen molar-refractivity contribution < 1.29 is 0 Å². The highest BCUT2D eigenvalue weighted by molar-refractivity contribution is 6.33. The van der Waals surface area contributed by atoms with Crippen LogP contribution in [0.25, 0.3) is 27.8 Å². The van der Waals surface area contributed by atoms with Gasteiger partial charge in [-0.3, -0.25) is 9.38 Å². The largest absolute Gasteiger partial charge is 0.277 e. The first-order chi connectivity index (χ1) is 10.3. The molecule has 0 N–H and O–H groups in total. The van der Waals surface area contributed by atoms with Gasteiger partial charge in [-0.25, -0.2) is 4.98 Å². The third-order valence-electron chi connectivity index (χ3n) is 3.47. The molecule has 0 bridgehead atoms. The average Bonchev–Trinajstić information content (AvgIpc) is 2.98. The zero-order valence-electron chi connectivity index (χ0n) is 11.2. The van der Waals surface area contributed by atoms with Gasteiger partial charge in [0.05, 0.1) is 22.9 Å². The van der Waals surface area contributed by atoms with Crippen LogP contribution in [0, 0.1) is 6.92 Å². The Bertz CT molecular complexity index is 976. The Kier molecular flexibility index (Phi) is 2.62. The van der Waals surface area contributed by atoms with E-state index in [1.807, 2.05) is 35.6 Å². The summed E-state index contributed by atoms with van der Waals surface area (Å²) in [5, 5.41) is 8.71. The Balaban J connectivity index is 2.16. The zero-order valence-corrected chi connectivity index (χ0v) is 11.9. The second-order valence-electron chi connectivity index (χ2n) is 4.76. The van der Waals surface area contributed by atoms with Crippen LogP contribution in [0.3, 0.4) is 0 Å². The highest BCUT2D eigenvalue weighted by Gasteiger charge is 2.13. The molecule has 3 aromatic heterocycles. The molecule has 0 spiro atoms. The van der Waals surface area contributed by atoms with E-state index < -0.39 is 0 Å². The van der Waals surface area contributed by atoms with E-state index in [0.717, 1.165) is 33.5 Å². The molecule has 3 heterocycles. The highest BCUT2D eigenvalue weighted by atomic mass is 35.5. The molecule has 1 aromatic carbocycles. The lowest BCUT2D eigenvalue weighted by Gasteiger charge is -2.09. The highest BCUT2D eigenvalue weighted by Crippen LogP contribution is 2.32. The summed E-state index contributed by atoms with van der Waals surface area (Å²) in [7, 11) is 0. The van der Waals surface area contributed by atoms with E-state index in [9.17, 15) is 0 Å². The van der Waals surface area contributed by atoms with Crippen LogP contribution in [-0.2, 0) is 0 Å². The molecule has 0 radical (unpaired) electrons. The van der Waals surface area contributed by atoms with E-state index in [4.69, 9.17) is 11.6 Å². The van der Waals surface area contributed by atoms with Gasteiger partial charge in [-0.1, -0.05) is 29.8 Å². The summed E-state index contributed by atoms with van der Waals surface area (Å²) >= 11 is 6.31. The Morgan fingerprint density at radius 2 is 1.95 bits per heavy atom. The molecule has 0 aliphatic carbocycles. The molecular weight excluding hydrogens is 286 g/mol. The van der Waals surface area contributed by atoms with Gasteiger partial charge >= 0.3 is 0 Å². The number of aryl methyl sites for hydroxylation is 1. The van der Waals surface area contributed by atoms with Gasteiger partial charge in [0.25, 0.3) is 0 Å². The van der Waals surface area contributed by atoms with Crippen LogP contribution in [-0.4, -0.2) is 24.6 Å². The predicted octanol–water partition coefficient (Wildman–Crippen LogP) is 3.30. The number of nitrogens with zero attached hydrogens (tertiary/aromatic N) is 5. The predicted molar refractivity (Wildman–Crippen MR) is 81.3 cm³/mol. The smallest absolute Gasteiger partial charge is 0.182 e. The van der Waals surface area contributed by atoms with Crippen LogP contribution < -0.4 is 0 Å². The third-order valence-corrected chi connectivity index (χ3v) is 3.80. The first-order valence-corrected chi connectivity index (χ1v) is 6.82. The minimum Gasteiger partial charge on any atom is -0.277 e. The quantitative estimate of drug-likeness (QED) is 0.540. The molecule has 5 nitrogen and oxygen atoms in total. The molecule has 0 saturated carbocycles. The topological polar surface area (TPSA) is 56.0 Å². The van der Waals surface area contributed by atoms with E-state index in [2.05, 4.69) is 20.2 Å². The molecule has 0 aliphatic heterocycles. The molecular formula is C15H10ClN5. The van der Waals surface area contributed by atoms with Gasteiger partial charge in [0, 0.05) is 22.3 Å². The van der Waals surface area contributed by atoms with Gasteiger partial charge in [-0.15, -0.1) is 10.2 Å². The number of halogens is 1. The molecule has 102 valence electrons. The van der Waals surface area contributed by atoms with Gasteiger partial charge in [0.2, 0.25) is 0 Å². The Morgan fingerprint density at radius 3 is 2.81 bits per heavy atom. The van der Waals surface area contributed by atoms with Crippen LogP contribution >= 0.6 is 11.6 Å². The summed E-state index contributed by atoms with van der Waals surface area (Å²) in [5.41, 5.74) is 5.06. The Morgan fingerprint density at radius 1 is 1.10 bits per heavy atom. The summed E-state index contributed by atoms with van der Waals surface area (Å²) in [5.74, 6) is 0. The first-order valence-electron chi connectivity index (χ1n) is 6.44. The van der Waals surface area contributed by atoms with Crippen molar-refractivity contribution in [1.29, 1.82) is 0 Å². The summed E-state index contributed by atoms with van der Waals surface area (Å²) in [6.45, 7) is 1.92. The van der Waals surface area contributed by atoms with E-state index in [1.165, 1.54) is 0 Å². The standard InChI is InChI=1S/C15H10ClN5/c1-9-15-20-18-8-21(15)13-7-17-6-11(14(13)19-9)10-4-2-3-5-12(10)16/h2-8H,1H3. The SMILES string of the molecule is Cc1nc2c(-c3ccccc3Cl)cncc2n2cnnc12. The number of hydrogen-bond donors (Lipinski definition) is 0. The molecule has 0 aliphatic rings. The number of pyridine rings is 1. The maximum absolute atomic E-state index is 6.31. The molecule has 0 atom stereocenters. The van der Waals surface area contributed by atoms with Crippen LogP contribution in [0.1, 0.15) is 5.69 Å². The fraction of sp³-hybridized carbons (Fsp3) is 0.0667. The van der Waals surface area contributed by atoms with Crippen molar-refractivity contribution in [1.82, 2.24) is 24.6 Å². The molecule has 6 heteroatoms. The van der Waals surface area contributed by atoms with Crippen molar-refractivity contribution in [2.75, 3.05) is 0 Å². The van der Waals surface area contributed by atoms with Crippen molar-refractivity contribution in [3.63, 3.8) is 0 Å². The van der Waals surface area contributed by atoms with Crippen LogP contribution in [0.4, 0.5) is 0 Å². The lowest BCUT2D eigenvalue weighted by Crippen LogP contribution is -1.97. The number of benzene rings is 1. The van der Waals surface area contributed by atoms with Crippen molar-refractivity contribution in [3.8, 4) is 11.1 Å². The van der Waals surface area contributed by atoms with E-state index in [-0.39, 0.29) is 0 Å². The summed E-state index contributed by atoms with van der Waals surface area (Å²) < 4.78 is 1.89. The average molecular weight is 296 g/mol. The summed E-state index contributed by atoms with van der Waals surface area (Å²) in [6, 6.07) is 7.68. The first kappa shape index (κ1) is 12.2. The van der Waals surface area contributed by atoms with Gasteiger partial charge in [-0.2, -0.15) is 0 Å². The van der Waals surface area contributed by atoms with Crippen LogP contribution in [0.5, 0.6) is 0 Å². The molecule has 21 heavy (non-hydrogen) atoms. The minimum atomic E-state index is 0.676. The summed E-state index contributed by atoms with van der Waals surface area (Å²) in [6.07, 6.45) is 5.22. The lowest BCUT2D eigenvalue weighted by molar-refractivity contribution is 1.10. The molecule has 0 fully saturated rings. The maximum Gasteiger partial charge on any atom is 0.182 e. The van der Waals surface area contributed by atoms with Gasteiger partial charge < -0.3 is 0 Å². The minimum absolute atomic E-state index is 0.676. The summed E-state index contributed by atoms with van der Waals surface area (Å²) in [4.78, 5) is 8.99. The number of fused-ring (bicyclic) bond motifs is 3. The second-order valence-corrected chi connectivity index (χ2v) is 5.16. The van der Waals surface area contributed by atoms with Crippen molar-refractivity contribution in [3.05, 3.63) is 53.7 Å². The number of hydrogen-bond acceptors (Lipinski definition) is 4. The van der Waals surface area contributed by atoms with Gasteiger partial charge in [-0.05, 0) is 13.0 Å². The van der Waals surface area contributed by atoms with Gasteiger partial charge in [0.1, 0.15) is 6.33 Å². The molecule has 0 unspecified atom stereocenters. The molecule has 4 aromatic rings. The Hall–Kier alpha value is -2.53. The van der Waals surface area contributed by atoms with Crippen LogP contribution in [0.15, 0.2) is 43.0 Å². The van der Waals surface area contributed by atoms with E-state index >= 15 is 0 Å². The molecule has 0 saturated heterocycles. The maximum atomic E-state index is 6.31. The van der Waals surface area contributed by atoms with E-state index in [1.54, 1.807) is 18.7 Å². The fourth-order valence-corrected chi connectivity index (χ4v) is 2.73. The fourth-order valence-electron chi connectivity index (χ4n) is 2.49. The van der Waals surface area contributed by atoms with Crippen molar-refractivity contribution in [2.24, 2.45) is 0 Å². The normalized spacial score (nSPS) is 11.3. The molecule has 0 amide bonds. The molecule has 4 rings (SSSR count). The number of aromatic nitrogens is 5. The zero-order chi connectivity index (χ0) is 14.4. The van der Waals surface area contributed by atoms with Crippen LogP contribution in [0.2, 0.25) is 5.02 Å².